The average molecular weight is 255 g/mol. The summed E-state index contributed by atoms with van der Waals surface area (Å²) in [5.41, 5.74) is 6.01. The maximum absolute atomic E-state index is 12.0. The Morgan fingerprint density at radius 2 is 2.11 bits per heavy atom. The van der Waals surface area contributed by atoms with Crippen LogP contribution in [0.15, 0.2) is 0 Å². The van der Waals surface area contributed by atoms with Crippen LogP contribution in [0, 0.1) is 5.92 Å². The van der Waals surface area contributed by atoms with Gasteiger partial charge in [-0.15, -0.1) is 0 Å². The van der Waals surface area contributed by atoms with E-state index in [9.17, 15) is 4.79 Å². The highest BCUT2D eigenvalue weighted by molar-refractivity contribution is 5.79. The molecule has 1 saturated carbocycles. The molecule has 0 radical (unpaired) electrons. The van der Waals surface area contributed by atoms with Gasteiger partial charge < -0.3 is 16.0 Å². The van der Waals surface area contributed by atoms with Gasteiger partial charge in [-0.25, -0.2) is 0 Å². The van der Waals surface area contributed by atoms with Crippen LogP contribution in [0.1, 0.15) is 46.0 Å². The van der Waals surface area contributed by atoms with Gasteiger partial charge in [0.1, 0.15) is 0 Å². The molecule has 3 N–H and O–H groups in total. The summed E-state index contributed by atoms with van der Waals surface area (Å²) in [5.74, 6) is 0.187. The van der Waals surface area contributed by atoms with Crippen LogP contribution >= 0.6 is 0 Å². The minimum absolute atomic E-state index is 0.0349. The van der Waals surface area contributed by atoms with Crippen molar-refractivity contribution in [1.82, 2.24) is 10.2 Å². The molecule has 1 amide bonds. The maximum atomic E-state index is 12.0. The first kappa shape index (κ1) is 15.4. The lowest BCUT2D eigenvalue weighted by atomic mass is 9.84. The molecule has 3 atom stereocenters. The van der Waals surface area contributed by atoms with Gasteiger partial charge in [0.15, 0.2) is 0 Å². The number of carbonyl (C=O) groups is 1. The number of amides is 1. The monoisotopic (exact) mass is 255 g/mol. The predicted molar refractivity (Wildman–Crippen MR) is 75.3 cm³/mol. The Balaban J connectivity index is 2.24. The summed E-state index contributed by atoms with van der Waals surface area (Å²) in [7, 11) is 2.10. The molecule has 1 fully saturated rings. The van der Waals surface area contributed by atoms with E-state index < -0.39 is 0 Å². The van der Waals surface area contributed by atoms with Gasteiger partial charge in [0.05, 0.1) is 5.92 Å². The van der Waals surface area contributed by atoms with Gasteiger partial charge in [-0.3, -0.25) is 4.79 Å². The maximum Gasteiger partial charge on any atom is 0.224 e. The third-order valence-corrected chi connectivity index (χ3v) is 4.26. The molecular formula is C14H29N3O. The summed E-state index contributed by atoms with van der Waals surface area (Å²) >= 11 is 0. The van der Waals surface area contributed by atoms with Gasteiger partial charge in [-0.2, -0.15) is 0 Å². The van der Waals surface area contributed by atoms with Crippen LogP contribution < -0.4 is 11.1 Å². The van der Waals surface area contributed by atoms with Crippen LogP contribution in [0.4, 0.5) is 0 Å². The topological polar surface area (TPSA) is 58.4 Å². The zero-order valence-electron chi connectivity index (χ0n) is 12.1. The molecule has 1 aliphatic rings. The lowest BCUT2D eigenvalue weighted by molar-refractivity contribution is -0.126. The summed E-state index contributed by atoms with van der Waals surface area (Å²) in [6, 6.07) is 0.630. The van der Waals surface area contributed by atoms with Gasteiger partial charge in [-0.1, -0.05) is 19.8 Å². The van der Waals surface area contributed by atoms with E-state index in [1.807, 2.05) is 0 Å². The van der Waals surface area contributed by atoms with E-state index >= 15 is 0 Å². The zero-order valence-corrected chi connectivity index (χ0v) is 12.1. The molecule has 1 aliphatic carbocycles. The molecule has 0 aromatic carbocycles. The summed E-state index contributed by atoms with van der Waals surface area (Å²) in [5, 5.41) is 3.03. The molecule has 0 bridgehead atoms. The molecule has 0 aromatic heterocycles. The minimum Gasteiger partial charge on any atom is -0.355 e. The van der Waals surface area contributed by atoms with Gasteiger partial charge >= 0.3 is 0 Å². The first-order valence-corrected chi connectivity index (χ1v) is 7.29. The van der Waals surface area contributed by atoms with E-state index in [4.69, 9.17) is 5.73 Å². The number of hydrogen-bond donors (Lipinski definition) is 2. The van der Waals surface area contributed by atoms with E-state index in [1.54, 1.807) is 0 Å². The molecule has 0 saturated heterocycles. The standard InChI is InChI=1S/C14H29N3O/c1-4-11(2)17(3)10-9-16-14(18)12-7-5-6-8-13(12)15/h11-13H,4-10,15H2,1-3H3,(H,16,18). The summed E-state index contributed by atoms with van der Waals surface area (Å²) in [6.07, 6.45) is 5.39. The van der Waals surface area contributed by atoms with Crippen LogP contribution in [0.3, 0.4) is 0 Å². The third kappa shape index (κ3) is 4.58. The van der Waals surface area contributed by atoms with E-state index in [0.29, 0.717) is 6.04 Å². The summed E-state index contributed by atoms with van der Waals surface area (Å²) in [4.78, 5) is 14.3. The summed E-state index contributed by atoms with van der Waals surface area (Å²) < 4.78 is 0. The van der Waals surface area contributed by atoms with Gasteiger partial charge in [-0.05, 0) is 33.2 Å². The molecule has 18 heavy (non-hydrogen) atoms. The number of rotatable bonds is 6. The van der Waals surface area contributed by atoms with Crippen LogP contribution in [-0.4, -0.2) is 43.0 Å². The fourth-order valence-corrected chi connectivity index (χ4v) is 2.50. The molecule has 4 heteroatoms. The van der Waals surface area contributed by atoms with Crippen molar-refractivity contribution in [2.24, 2.45) is 11.7 Å². The van der Waals surface area contributed by atoms with Crippen molar-refractivity contribution < 1.29 is 4.79 Å². The molecule has 0 heterocycles. The first-order valence-electron chi connectivity index (χ1n) is 7.29. The Kier molecular flexibility index (Phi) is 6.65. The van der Waals surface area contributed by atoms with Crippen LogP contribution in [0.25, 0.3) is 0 Å². The van der Waals surface area contributed by atoms with Crippen LogP contribution in [0.2, 0.25) is 0 Å². The minimum atomic E-state index is 0.0349. The largest absolute Gasteiger partial charge is 0.355 e. The van der Waals surface area contributed by atoms with E-state index in [1.165, 1.54) is 6.42 Å². The molecule has 1 rings (SSSR count). The van der Waals surface area contributed by atoms with Crippen molar-refractivity contribution in [2.45, 2.75) is 58.0 Å². The Morgan fingerprint density at radius 1 is 1.44 bits per heavy atom. The number of nitrogens with zero attached hydrogens (tertiary/aromatic N) is 1. The van der Waals surface area contributed by atoms with E-state index in [-0.39, 0.29) is 17.9 Å². The second-order valence-corrected chi connectivity index (χ2v) is 5.58. The van der Waals surface area contributed by atoms with E-state index in [2.05, 4.69) is 31.1 Å². The Morgan fingerprint density at radius 3 is 2.72 bits per heavy atom. The fourth-order valence-electron chi connectivity index (χ4n) is 2.50. The smallest absolute Gasteiger partial charge is 0.224 e. The Bertz CT molecular complexity index is 257. The fraction of sp³-hybridized carbons (Fsp3) is 0.929. The number of likely N-dealkylation sites (N-methyl/N-ethyl adjacent to an activating group) is 1. The lowest BCUT2D eigenvalue weighted by Crippen LogP contribution is -2.45. The Labute approximate surface area is 111 Å². The predicted octanol–water partition coefficient (Wildman–Crippen LogP) is 1.35. The first-order chi connectivity index (χ1) is 8.56. The van der Waals surface area contributed by atoms with Gasteiger partial charge in [0.25, 0.3) is 0 Å². The van der Waals surface area contributed by atoms with Crippen molar-refractivity contribution in [3.8, 4) is 0 Å². The number of nitrogens with two attached hydrogens (primary N) is 1. The quantitative estimate of drug-likeness (QED) is 0.753. The molecular weight excluding hydrogens is 226 g/mol. The van der Waals surface area contributed by atoms with E-state index in [0.717, 1.165) is 38.8 Å². The highest BCUT2D eigenvalue weighted by atomic mass is 16.1. The SMILES string of the molecule is CCC(C)N(C)CCNC(=O)C1CCCCC1N. The van der Waals surface area contributed by atoms with Crippen LogP contribution in [-0.2, 0) is 4.79 Å². The highest BCUT2D eigenvalue weighted by Gasteiger charge is 2.27. The molecule has 0 aromatic rings. The van der Waals surface area contributed by atoms with Crippen molar-refractivity contribution >= 4 is 5.91 Å². The van der Waals surface area contributed by atoms with Gasteiger partial charge in [0, 0.05) is 25.2 Å². The number of hydrogen-bond acceptors (Lipinski definition) is 3. The lowest BCUT2D eigenvalue weighted by Gasteiger charge is -2.28. The molecule has 106 valence electrons. The zero-order chi connectivity index (χ0) is 13.5. The second kappa shape index (κ2) is 7.74. The third-order valence-electron chi connectivity index (χ3n) is 4.26. The highest BCUT2D eigenvalue weighted by Crippen LogP contribution is 2.22. The summed E-state index contributed by atoms with van der Waals surface area (Å²) in [6.45, 7) is 6.02. The average Bonchev–Trinajstić information content (AvgIpc) is 2.37. The number of nitrogens with one attached hydrogen (secondary N) is 1. The van der Waals surface area contributed by atoms with Crippen molar-refractivity contribution in [1.29, 1.82) is 0 Å². The van der Waals surface area contributed by atoms with Crippen molar-refractivity contribution in [3.05, 3.63) is 0 Å². The molecule has 0 aliphatic heterocycles. The van der Waals surface area contributed by atoms with Crippen molar-refractivity contribution in [2.75, 3.05) is 20.1 Å². The molecule has 4 nitrogen and oxygen atoms in total. The van der Waals surface area contributed by atoms with Crippen LogP contribution in [0.5, 0.6) is 0 Å². The second-order valence-electron chi connectivity index (χ2n) is 5.58. The molecule has 3 unspecified atom stereocenters. The van der Waals surface area contributed by atoms with Crippen molar-refractivity contribution in [3.63, 3.8) is 0 Å². The Hall–Kier alpha value is -0.610. The van der Waals surface area contributed by atoms with Gasteiger partial charge in [0.2, 0.25) is 5.91 Å². The normalized spacial score (nSPS) is 26.1. The molecule has 0 spiro atoms. The number of carbonyl (C=O) groups excluding carboxylic acids is 1.